The van der Waals surface area contributed by atoms with E-state index in [1.165, 1.54) is 6.07 Å². The molecule has 0 aliphatic heterocycles. The lowest BCUT2D eigenvalue weighted by atomic mass is 10.1. The van der Waals surface area contributed by atoms with Gasteiger partial charge in [-0.2, -0.15) is 0 Å². The third-order valence-electron chi connectivity index (χ3n) is 2.86. The van der Waals surface area contributed by atoms with Gasteiger partial charge in [0.2, 0.25) is 0 Å². The largest absolute Gasteiger partial charge is 0.696 e. The fraction of sp³-hybridized carbons (Fsp3) is 0.200. The van der Waals surface area contributed by atoms with E-state index in [2.05, 4.69) is 21.8 Å². The van der Waals surface area contributed by atoms with Crippen LogP contribution in [0.1, 0.15) is 28.2 Å². The van der Waals surface area contributed by atoms with Crippen molar-refractivity contribution in [2.75, 3.05) is 0 Å². The predicted octanol–water partition coefficient (Wildman–Crippen LogP) is 3.62. The molecule has 0 atom stereocenters. The second kappa shape index (κ2) is 5.07. The molecule has 0 bridgehead atoms. The summed E-state index contributed by atoms with van der Waals surface area (Å²) in [7, 11) is 0. The Morgan fingerprint density at radius 2 is 1.84 bits per heavy atom. The molecule has 0 unspecified atom stereocenters. The first-order chi connectivity index (χ1) is 8.99. The van der Waals surface area contributed by atoms with Gasteiger partial charge in [0, 0.05) is 0 Å². The van der Waals surface area contributed by atoms with Crippen LogP contribution in [0.25, 0.3) is 5.73 Å². The van der Waals surface area contributed by atoms with Crippen molar-refractivity contribution < 1.29 is 4.39 Å². The van der Waals surface area contributed by atoms with E-state index in [0.717, 1.165) is 11.4 Å². The molecule has 0 amide bonds. The summed E-state index contributed by atoms with van der Waals surface area (Å²) in [5.74, 6) is 4.94. The quantitative estimate of drug-likeness (QED) is 0.674. The molecule has 0 saturated carbocycles. The average Bonchev–Trinajstić information content (AvgIpc) is 2.38. The van der Waals surface area contributed by atoms with E-state index in [9.17, 15) is 4.39 Å². The molecule has 3 nitrogen and oxygen atoms in total. The van der Waals surface area contributed by atoms with E-state index in [0.29, 0.717) is 11.3 Å². The Labute approximate surface area is 111 Å². The average molecular weight is 254 g/mol. The van der Waals surface area contributed by atoms with Crippen molar-refractivity contribution >= 4 is 5.69 Å². The van der Waals surface area contributed by atoms with Gasteiger partial charge >= 0.3 is 0 Å². The van der Waals surface area contributed by atoms with Crippen LogP contribution < -0.4 is 0 Å². The fourth-order valence-corrected chi connectivity index (χ4v) is 1.55. The van der Waals surface area contributed by atoms with Gasteiger partial charge in [0.05, 0.1) is 23.1 Å². The normalized spacial score (nSPS) is 9.89. The molecule has 2 rings (SSSR count). The van der Waals surface area contributed by atoms with Gasteiger partial charge in [-0.1, -0.05) is 18.1 Å². The second-order valence-corrected chi connectivity index (χ2v) is 4.30. The van der Waals surface area contributed by atoms with Crippen LogP contribution in [0.2, 0.25) is 0 Å². The van der Waals surface area contributed by atoms with Gasteiger partial charge in [0.1, 0.15) is 11.5 Å². The zero-order valence-corrected chi connectivity index (χ0v) is 11.0. The molecule has 1 N–H and O–H groups in total. The molecule has 2 aromatic rings. The summed E-state index contributed by atoms with van der Waals surface area (Å²) in [6.07, 6.45) is 1.56. The second-order valence-electron chi connectivity index (χ2n) is 4.30. The van der Waals surface area contributed by atoms with E-state index in [-0.39, 0.29) is 11.3 Å². The summed E-state index contributed by atoms with van der Waals surface area (Å²) in [5.41, 5.74) is 10.4. The molecule has 0 saturated heterocycles. The van der Waals surface area contributed by atoms with Crippen LogP contribution in [0, 0.1) is 38.4 Å². The maximum absolute atomic E-state index is 13.8. The number of hydrogen-bond acceptors (Lipinski definition) is 2. The maximum atomic E-state index is 13.8. The number of hydrogen-bond donors (Lipinski definition) is 0. The van der Waals surface area contributed by atoms with Crippen molar-refractivity contribution in [2.45, 2.75) is 20.8 Å². The van der Waals surface area contributed by atoms with Crippen LogP contribution in [0.15, 0.2) is 18.3 Å². The molecule has 4 heteroatoms. The number of rotatable bonds is 0. The van der Waals surface area contributed by atoms with Crippen molar-refractivity contribution in [3.63, 3.8) is 0 Å². The van der Waals surface area contributed by atoms with Gasteiger partial charge < -0.3 is 5.73 Å². The summed E-state index contributed by atoms with van der Waals surface area (Å²) in [6.45, 7) is 5.48. The fourth-order valence-electron chi connectivity index (χ4n) is 1.55. The van der Waals surface area contributed by atoms with Crippen molar-refractivity contribution in [1.29, 1.82) is 0 Å². The van der Waals surface area contributed by atoms with Gasteiger partial charge in [-0.05, 0) is 32.3 Å². The maximum Gasteiger partial charge on any atom is 0.132 e. The van der Waals surface area contributed by atoms with Crippen molar-refractivity contribution in [2.24, 2.45) is 0 Å². The standard InChI is InChI=1S/C15H13FN3/c1-9-4-7-14(17)15(16)13(9)6-5-12-8-18-10(2)11(3)19-12/h4,7-8,17H,1-3H3/q-1. The van der Waals surface area contributed by atoms with E-state index in [4.69, 9.17) is 5.73 Å². The number of benzene rings is 1. The molecular weight excluding hydrogens is 241 g/mol. The smallest absolute Gasteiger partial charge is 0.132 e. The lowest BCUT2D eigenvalue weighted by molar-refractivity contribution is 0.629. The summed E-state index contributed by atoms with van der Waals surface area (Å²) >= 11 is 0. The number of aromatic nitrogens is 2. The molecule has 0 spiro atoms. The Morgan fingerprint density at radius 1 is 1.11 bits per heavy atom. The molecular formula is C15H13FN3-. The molecule has 1 aromatic heterocycles. The Hall–Kier alpha value is -2.41. The molecule has 96 valence electrons. The molecule has 19 heavy (non-hydrogen) atoms. The lowest BCUT2D eigenvalue weighted by Crippen LogP contribution is -1.94. The zero-order chi connectivity index (χ0) is 14.0. The topological polar surface area (TPSA) is 49.6 Å². The van der Waals surface area contributed by atoms with Crippen LogP contribution in [-0.2, 0) is 0 Å². The Morgan fingerprint density at radius 3 is 2.53 bits per heavy atom. The van der Waals surface area contributed by atoms with E-state index in [1.54, 1.807) is 19.2 Å². The molecule has 0 aliphatic rings. The third-order valence-corrected chi connectivity index (χ3v) is 2.86. The van der Waals surface area contributed by atoms with Crippen LogP contribution in [0.3, 0.4) is 0 Å². The Balaban J connectivity index is 2.45. The highest BCUT2D eigenvalue weighted by Crippen LogP contribution is 2.22. The number of nitrogens with zero attached hydrogens (tertiary/aromatic N) is 2. The first-order valence-electron chi connectivity index (χ1n) is 5.82. The van der Waals surface area contributed by atoms with Crippen LogP contribution in [0.5, 0.6) is 0 Å². The van der Waals surface area contributed by atoms with E-state index in [1.807, 2.05) is 13.8 Å². The van der Waals surface area contributed by atoms with E-state index >= 15 is 0 Å². The first-order valence-corrected chi connectivity index (χ1v) is 5.82. The number of halogens is 1. The Bertz CT molecular complexity index is 697. The molecule has 0 aliphatic carbocycles. The molecule has 0 fully saturated rings. The van der Waals surface area contributed by atoms with Crippen molar-refractivity contribution in [3.8, 4) is 11.8 Å². The zero-order valence-electron chi connectivity index (χ0n) is 11.0. The van der Waals surface area contributed by atoms with Gasteiger partial charge in [0.25, 0.3) is 0 Å². The summed E-state index contributed by atoms with van der Waals surface area (Å²) in [6, 6.07) is 3.10. The minimum absolute atomic E-state index is 0.152. The van der Waals surface area contributed by atoms with Gasteiger partial charge in [-0.15, -0.1) is 5.69 Å². The summed E-state index contributed by atoms with van der Waals surface area (Å²) in [5, 5.41) is 0. The number of aryl methyl sites for hydroxylation is 3. The molecule has 0 radical (unpaired) electrons. The van der Waals surface area contributed by atoms with Gasteiger partial charge in [-0.25, -0.2) is 9.37 Å². The highest BCUT2D eigenvalue weighted by molar-refractivity contribution is 5.56. The molecule has 1 aromatic carbocycles. The van der Waals surface area contributed by atoms with Crippen LogP contribution in [-0.4, -0.2) is 9.97 Å². The summed E-state index contributed by atoms with van der Waals surface area (Å²) < 4.78 is 13.8. The third kappa shape index (κ3) is 2.71. The van der Waals surface area contributed by atoms with Crippen molar-refractivity contribution in [3.05, 3.63) is 58.1 Å². The lowest BCUT2D eigenvalue weighted by Gasteiger charge is -2.08. The predicted molar refractivity (Wildman–Crippen MR) is 72.6 cm³/mol. The monoisotopic (exact) mass is 254 g/mol. The molecule has 1 heterocycles. The highest BCUT2D eigenvalue weighted by atomic mass is 19.1. The van der Waals surface area contributed by atoms with Crippen LogP contribution >= 0.6 is 0 Å². The van der Waals surface area contributed by atoms with Crippen LogP contribution in [0.4, 0.5) is 10.1 Å². The van der Waals surface area contributed by atoms with Gasteiger partial charge in [0.15, 0.2) is 0 Å². The van der Waals surface area contributed by atoms with Crippen molar-refractivity contribution in [1.82, 2.24) is 9.97 Å². The summed E-state index contributed by atoms with van der Waals surface area (Å²) in [4.78, 5) is 8.42. The van der Waals surface area contributed by atoms with E-state index < -0.39 is 5.82 Å². The van der Waals surface area contributed by atoms with Gasteiger partial charge in [-0.3, -0.25) is 4.98 Å². The highest BCUT2D eigenvalue weighted by Gasteiger charge is 2.03. The number of nitrogens with one attached hydrogen (secondary N) is 1. The SMILES string of the molecule is Cc1ccc([NH-])c(F)c1C#Cc1cnc(C)c(C)n1. The Kier molecular flexibility index (Phi) is 3.48. The minimum Gasteiger partial charge on any atom is -0.696 e. The first kappa shape index (κ1) is 13.0. The minimum atomic E-state index is -0.593.